The number of aliphatic hydroxyl groups is 1. The third kappa shape index (κ3) is 2.11. The van der Waals surface area contributed by atoms with Crippen LogP contribution in [0.1, 0.15) is 11.7 Å². The largest absolute Gasteiger partial charge is 0.383 e. The normalized spacial score (nSPS) is 11.9. The fourth-order valence-electron chi connectivity index (χ4n) is 0.945. The third-order valence-corrected chi connectivity index (χ3v) is 2.02. The Bertz CT molecular complexity index is 411. The van der Waals surface area contributed by atoms with E-state index in [9.17, 15) is 9.50 Å². The summed E-state index contributed by atoms with van der Waals surface area (Å²) in [5.74, 6) is -0.565. The lowest BCUT2D eigenvalue weighted by molar-refractivity contribution is 0.221. The van der Waals surface area contributed by atoms with Crippen LogP contribution in [-0.4, -0.2) is 5.11 Å². The van der Waals surface area contributed by atoms with E-state index in [1.165, 1.54) is 12.1 Å². The second kappa shape index (κ2) is 4.23. The lowest BCUT2D eigenvalue weighted by Crippen LogP contribution is -1.99. The number of nitriles is 1. The molecule has 0 aliphatic heterocycles. The number of nitrogens with zero attached hydrogens (tertiary/aromatic N) is 1. The molecule has 4 heteroatoms. The molecule has 1 unspecified atom stereocenters. The van der Waals surface area contributed by atoms with Crippen molar-refractivity contribution in [3.8, 4) is 6.07 Å². The fourth-order valence-corrected chi connectivity index (χ4v) is 1.13. The molecule has 1 aromatic rings. The number of rotatable bonds is 2. The van der Waals surface area contributed by atoms with E-state index in [1.807, 2.05) is 0 Å². The van der Waals surface area contributed by atoms with Gasteiger partial charge in [-0.3, -0.25) is 0 Å². The van der Waals surface area contributed by atoms with Crippen LogP contribution in [0.5, 0.6) is 0 Å². The van der Waals surface area contributed by atoms with Crippen LogP contribution in [0.15, 0.2) is 30.4 Å². The molecular weight excluding hydrogens is 205 g/mol. The number of halogens is 2. The van der Waals surface area contributed by atoms with Crippen LogP contribution in [0.2, 0.25) is 5.02 Å². The van der Waals surface area contributed by atoms with Gasteiger partial charge in [-0.1, -0.05) is 24.2 Å². The van der Waals surface area contributed by atoms with Crippen LogP contribution >= 0.6 is 11.6 Å². The van der Waals surface area contributed by atoms with Gasteiger partial charge < -0.3 is 5.11 Å². The molecule has 1 aromatic carbocycles. The minimum Gasteiger partial charge on any atom is -0.383 e. The number of hydrogen-bond acceptors (Lipinski definition) is 2. The summed E-state index contributed by atoms with van der Waals surface area (Å²) in [6.07, 6.45) is -1.13. The Kier molecular flexibility index (Phi) is 3.23. The third-order valence-electron chi connectivity index (χ3n) is 1.73. The molecule has 1 atom stereocenters. The first-order valence-corrected chi connectivity index (χ1v) is 4.16. The molecule has 14 heavy (non-hydrogen) atoms. The van der Waals surface area contributed by atoms with Gasteiger partial charge in [0.15, 0.2) is 0 Å². The van der Waals surface area contributed by atoms with Crippen LogP contribution in [0.4, 0.5) is 4.39 Å². The van der Waals surface area contributed by atoms with E-state index in [0.717, 1.165) is 6.07 Å². The van der Waals surface area contributed by atoms with Gasteiger partial charge in [-0.15, -0.1) is 0 Å². The summed E-state index contributed by atoms with van der Waals surface area (Å²) in [5, 5.41) is 17.9. The maximum atomic E-state index is 12.7. The summed E-state index contributed by atoms with van der Waals surface area (Å²) in [6, 6.07) is 5.47. The summed E-state index contributed by atoms with van der Waals surface area (Å²) in [6.45, 7) is 3.35. The van der Waals surface area contributed by atoms with Gasteiger partial charge in [-0.2, -0.15) is 5.26 Å². The lowest BCUT2D eigenvalue weighted by Gasteiger charge is -2.08. The zero-order valence-corrected chi connectivity index (χ0v) is 7.92. The SMILES string of the molecule is C=C(C#N)C(O)c1ccc(F)c(Cl)c1. The van der Waals surface area contributed by atoms with Gasteiger partial charge in [-0.25, -0.2) is 4.39 Å². The standard InChI is InChI=1S/C10H7ClFNO/c1-6(5-13)10(14)7-2-3-9(12)8(11)4-7/h2-4,10,14H,1H2. The molecule has 2 nitrogen and oxygen atoms in total. The van der Waals surface area contributed by atoms with Gasteiger partial charge in [-0.05, 0) is 17.7 Å². The first kappa shape index (κ1) is 10.7. The van der Waals surface area contributed by atoms with Gasteiger partial charge in [0.25, 0.3) is 0 Å². The predicted molar refractivity (Wildman–Crippen MR) is 51.1 cm³/mol. The minimum atomic E-state index is -1.13. The molecule has 0 bridgehead atoms. The summed E-state index contributed by atoms with van der Waals surface area (Å²) in [4.78, 5) is 0. The predicted octanol–water partition coefficient (Wildman–Crippen LogP) is 2.59. The van der Waals surface area contributed by atoms with Gasteiger partial charge in [0.2, 0.25) is 0 Å². The molecule has 0 aromatic heterocycles. The van der Waals surface area contributed by atoms with Crippen molar-refractivity contribution in [2.45, 2.75) is 6.10 Å². The Balaban J connectivity index is 3.04. The molecule has 0 radical (unpaired) electrons. The Hall–Kier alpha value is -1.37. The van der Waals surface area contributed by atoms with Crippen molar-refractivity contribution in [3.05, 3.63) is 46.8 Å². The lowest BCUT2D eigenvalue weighted by atomic mass is 10.0. The second-order valence-corrected chi connectivity index (χ2v) is 3.12. The molecule has 72 valence electrons. The quantitative estimate of drug-likeness (QED) is 0.765. The van der Waals surface area contributed by atoms with Crippen molar-refractivity contribution in [3.63, 3.8) is 0 Å². The summed E-state index contributed by atoms with van der Waals surface area (Å²) in [7, 11) is 0. The Labute approximate surface area is 85.9 Å². The van der Waals surface area contributed by atoms with E-state index in [-0.39, 0.29) is 10.6 Å². The average molecular weight is 212 g/mol. The highest BCUT2D eigenvalue weighted by atomic mass is 35.5. The van der Waals surface area contributed by atoms with Gasteiger partial charge in [0, 0.05) is 0 Å². The smallest absolute Gasteiger partial charge is 0.141 e. The van der Waals surface area contributed by atoms with E-state index in [1.54, 1.807) is 6.07 Å². The highest BCUT2D eigenvalue weighted by Crippen LogP contribution is 2.24. The molecule has 0 heterocycles. The molecule has 0 aliphatic rings. The van der Waals surface area contributed by atoms with E-state index in [4.69, 9.17) is 16.9 Å². The molecule has 0 spiro atoms. The van der Waals surface area contributed by atoms with Gasteiger partial charge >= 0.3 is 0 Å². The van der Waals surface area contributed by atoms with Crippen molar-refractivity contribution in [2.24, 2.45) is 0 Å². The maximum absolute atomic E-state index is 12.7. The van der Waals surface area contributed by atoms with Crippen molar-refractivity contribution in [1.29, 1.82) is 5.26 Å². The summed E-state index contributed by atoms with van der Waals surface area (Å²) in [5.41, 5.74) is 0.343. The Morgan fingerprint density at radius 2 is 2.29 bits per heavy atom. The maximum Gasteiger partial charge on any atom is 0.141 e. The van der Waals surface area contributed by atoms with Crippen LogP contribution in [-0.2, 0) is 0 Å². The molecule has 1 N–H and O–H groups in total. The molecule has 1 rings (SSSR count). The molecule has 0 saturated carbocycles. The number of hydrogen-bond donors (Lipinski definition) is 1. The van der Waals surface area contributed by atoms with Crippen molar-refractivity contribution < 1.29 is 9.50 Å². The Morgan fingerprint density at radius 1 is 1.64 bits per heavy atom. The van der Waals surface area contributed by atoms with Crippen LogP contribution in [0.3, 0.4) is 0 Å². The van der Waals surface area contributed by atoms with Crippen LogP contribution in [0.25, 0.3) is 0 Å². The van der Waals surface area contributed by atoms with Crippen molar-refractivity contribution in [1.82, 2.24) is 0 Å². The average Bonchev–Trinajstić information content (AvgIpc) is 2.20. The fraction of sp³-hybridized carbons (Fsp3) is 0.100. The van der Waals surface area contributed by atoms with Gasteiger partial charge in [0.1, 0.15) is 11.9 Å². The van der Waals surface area contributed by atoms with Crippen molar-refractivity contribution in [2.75, 3.05) is 0 Å². The molecule has 0 saturated heterocycles. The zero-order chi connectivity index (χ0) is 10.7. The monoisotopic (exact) mass is 211 g/mol. The van der Waals surface area contributed by atoms with Gasteiger partial charge in [0.05, 0.1) is 16.7 Å². The van der Waals surface area contributed by atoms with Crippen LogP contribution < -0.4 is 0 Å². The molecule has 0 fully saturated rings. The Morgan fingerprint density at radius 3 is 2.79 bits per heavy atom. The number of benzene rings is 1. The number of aliphatic hydroxyl groups excluding tert-OH is 1. The van der Waals surface area contributed by atoms with E-state index in [2.05, 4.69) is 6.58 Å². The first-order valence-electron chi connectivity index (χ1n) is 3.78. The highest BCUT2D eigenvalue weighted by Gasteiger charge is 2.12. The molecular formula is C10H7ClFNO. The van der Waals surface area contributed by atoms with E-state index < -0.39 is 11.9 Å². The first-order chi connectivity index (χ1) is 6.56. The van der Waals surface area contributed by atoms with Crippen LogP contribution in [0, 0.1) is 17.1 Å². The molecule has 0 aliphatic carbocycles. The second-order valence-electron chi connectivity index (χ2n) is 2.71. The van der Waals surface area contributed by atoms with E-state index in [0.29, 0.717) is 5.56 Å². The highest BCUT2D eigenvalue weighted by molar-refractivity contribution is 6.30. The summed E-state index contributed by atoms with van der Waals surface area (Å²) < 4.78 is 12.7. The topological polar surface area (TPSA) is 44.0 Å². The zero-order valence-electron chi connectivity index (χ0n) is 7.17. The van der Waals surface area contributed by atoms with E-state index >= 15 is 0 Å². The molecule has 0 amide bonds. The minimum absolute atomic E-state index is 0.00678. The van der Waals surface area contributed by atoms with Crippen molar-refractivity contribution >= 4 is 11.6 Å². The summed E-state index contributed by atoms with van der Waals surface area (Å²) >= 11 is 5.51.